The lowest BCUT2D eigenvalue weighted by Gasteiger charge is -2.54. The van der Waals surface area contributed by atoms with E-state index >= 15 is 0 Å². The zero-order valence-electron chi connectivity index (χ0n) is 34.8. The van der Waals surface area contributed by atoms with Gasteiger partial charge in [-0.1, -0.05) is 105 Å². The van der Waals surface area contributed by atoms with Crippen molar-refractivity contribution < 1.29 is 24.0 Å². The molecule has 12 nitrogen and oxygen atoms in total. The Morgan fingerprint density at radius 1 is 0.683 bits per heavy atom. The standard InChI is InChI=1S/C46H61N7O5.2ClH/c1-33(2)28-39(51-44(57)40(30-36-18-10-5-11-19-36)50-42(55)37(48)29-35-16-8-4-9-17-35)43(56)49-38(20-12-13-25-47)45(58)52-26-23-46(24-27-52)31-53(32-46)41(54)22-21-34-14-6-3-7-15-34;;/h3-11,14-19,21-22,33,37-40H,12-13,20,23-32,47-48H2,1-2H3,(H,49,56)(H,50,55)(H,51,57);2*1H/t37-,38-,39-,40-;;/m1../s1. The number of piperidine rings is 1. The van der Waals surface area contributed by atoms with Gasteiger partial charge in [0.15, 0.2) is 0 Å². The van der Waals surface area contributed by atoms with Crippen molar-refractivity contribution in [1.82, 2.24) is 25.8 Å². The summed E-state index contributed by atoms with van der Waals surface area (Å²) in [5.41, 5.74) is 14.8. The molecule has 2 aliphatic heterocycles. The van der Waals surface area contributed by atoms with Crippen molar-refractivity contribution in [3.8, 4) is 0 Å². The number of unbranched alkanes of at least 4 members (excludes halogenated alkanes) is 1. The number of benzene rings is 3. The van der Waals surface area contributed by atoms with Gasteiger partial charge in [0.2, 0.25) is 29.5 Å². The molecule has 0 bridgehead atoms. The van der Waals surface area contributed by atoms with Crippen molar-refractivity contribution >= 4 is 60.4 Å². The van der Waals surface area contributed by atoms with E-state index in [0.29, 0.717) is 64.8 Å². The van der Waals surface area contributed by atoms with Crippen LogP contribution < -0.4 is 27.4 Å². The molecule has 2 heterocycles. The Labute approximate surface area is 367 Å². The monoisotopic (exact) mass is 863 g/mol. The number of rotatable bonds is 19. The predicted molar refractivity (Wildman–Crippen MR) is 241 cm³/mol. The molecule has 5 amide bonds. The molecule has 0 saturated carbocycles. The summed E-state index contributed by atoms with van der Waals surface area (Å²) in [5, 5.41) is 8.78. The van der Waals surface area contributed by atoms with E-state index in [9.17, 15) is 24.0 Å². The maximum absolute atomic E-state index is 14.1. The van der Waals surface area contributed by atoms with Crippen LogP contribution in [0.5, 0.6) is 0 Å². The Morgan fingerprint density at radius 2 is 1.20 bits per heavy atom. The lowest BCUT2D eigenvalue weighted by atomic mass is 9.72. The minimum atomic E-state index is -1.00. The first-order valence-electron chi connectivity index (χ1n) is 20.7. The van der Waals surface area contributed by atoms with Crippen LogP contribution in [0, 0.1) is 11.3 Å². The van der Waals surface area contributed by atoms with Gasteiger partial charge >= 0.3 is 0 Å². The van der Waals surface area contributed by atoms with Crippen molar-refractivity contribution in [2.24, 2.45) is 22.8 Å². The highest BCUT2D eigenvalue weighted by molar-refractivity contribution is 5.95. The summed E-state index contributed by atoms with van der Waals surface area (Å²) in [6.07, 6.45) is 7.55. The van der Waals surface area contributed by atoms with Crippen LogP contribution in [-0.4, -0.2) is 96.2 Å². The molecule has 0 unspecified atom stereocenters. The smallest absolute Gasteiger partial charge is 0.246 e. The number of hydrogen-bond donors (Lipinski definition) is 5. The van der Waals surface area contributed by atoms with Crippen LogP contribution >= 0.6 is 24.8 Å². The number of nitrogens with two attached hydrogens (primary N) is 2. The summed E-state index contributed by atoms with van der Waals surface area (Å²) in [7, 11) is 0. The summed E-state index contributed by atoms with van der Waals surface area (Å²) >= 11 is 0. The number of nitrogens with zero attached hydrogens (tertiary/aromatic N) is 2. The molecule has 4 atom stereocenters. The molecule has 3 aromatic rings. The summed E-state index contributed by atoms with van der Waals surface area (Å²) in [4.78, 5) is 72.1. The number of likely N-dealkylation sites (tertiary alicyclic amines) is 2. The summed E-state index contributed by atoms with van der Waals surface area (Å²) < 4.78 is 0. The molecule has 2 fully saturated rings. The lowest BCUT2D eigenvalue weighted by molar-refractivity contribution is -0.147. The zero-order valence-corrected chi connectivity index (χ0v) is 36.4. The van der Waals surface area contributed by atoms with Crippen molar-refractivity contribution in [2.45, 2.75) is 89.4 Å². The van der Waals surface area contributed by atoms with Crippen LogP contribution in [0.3, 0.4) is 0 Å². The minimum absolute atomic E-state index is 0. The average molecular weight is 865 g/mol. The highest BCUT2D eigenvalue weighted by atomic mass is 35.5. The Morgan fingerprint density at radius 3 is 1.77 bits per heavy atom. The second-order valence-electron chi connectivity index (χ2n) is 16.3. The predicted octanol–water partition coefficient (Wildman–Crippen LogP) is 4.44. The SMILES string of the molecule is CC(C)C[C@@H](NC(=O)[C@@H](Cc1ccccc1)NC(=O)[C@H](N)Cc1ccccc1)C(=O)N[C@H](CCCCN)C(=O)N1CCC2(CC1)CN(C(=O)C=Cc1ccccc1)C2.Cl.Cl. The number of carbonyl (C=O) groups excluding carboxylic acids is 5. The van der Waals surface area contributed by atoms with E-state index in [4.69, 9.17) is 11.5 Å². The third-order valence-electron chi connectivity index (χ3n) is 11.2. The van der Waals surface area contributed by atoms with Gasteiger partial charge in [0, 0.05) is 44.1 Å². The summed E-state index contributed by atoms with van der Waals surface area (Å²) in [6, 6.07) is 24.9. The second-order valence-corrected chi connectivity index (χ2v) is 16.3. The van der Waals surface area contributed by atoms with E-state index in [-0.39, 0.29) is 54.4 Å². The maximum atomic E-state index is 14.1. The van der Waals surface area contributed by atoms with Crippen LogP contribution in [0.25, 0.3) is 6.08 Å². The molecular weight excluding hydrogens is 801 g/mol. The molecule has 14 heteroatoms. The Hall–Kier alpha value is -4.75. The van der Waals surface area contributed by atoms with Gasteiger partial charge in [0.1, 0.15) is 18.1 Å². The number of carbonyl (C=O) groups is 5. The molecule has 1 spiro atoms. The van der Waals surface area contributed by atoms with Gasteiger partial charge in [-0.25, -0.2) is 0 Å². The van der Waals surface area contributed by atoms with Crippen molar-refractivity contribution in [2.75, 3.05) is 32.7 Å². The first-order valence-corrected chi connectivity index (χ1v) is 20.7. The Kier molecular flexibility index (Phi) is 20.3. The average Bonchev–Trinajstić information content (AvgIpc) is 3.21. The Balaban J connectivity index is 0.00000480. The zero-order chi connectivity index (χ0) is 41.5. The highest BCUT2D eigenvalue weighted by Crippen LogP contribution is 2.40. The van der Waals surface area contributed by atoms with Gasteiger partial charge in [-0.15, -0.1) is 24.8 Å². The van der Waals surface area contributed by atoms with Crippen molar-refractivity contribution in [3.05, 3.63) is 114 Å². The Bertz CT molecular complexity index is 1840. The van der Waals surface area contributed by atoms with E-state index in [1.807, 2.05) is 121 Å². The van der Waals surface area contributed by atoms with E-state index in [0.717, 1.165) is 29.5 Å². The van der Waals surface area contributed by atoms with Gasteiger partial charge in [-0.05, 0) is 80.2 Å². The van der Waals surface area contributed by atoms with Crippen LogP contribution in [0.1, 0.15) is 69.1 Å². The third-order valence-corrected chi connectivity index (χ3v) is 11.2. The molecule has 60 heavy (non-hydrogen) atoms. The molecule has 7 N–H and O–H groups in total. The van der Waals surface area contributed by atoms with E-state index in [2.05, 4.69) is 16.0 Å². The normalized spacial score (nSPS) is 16.4. The molecule has 326 valence electrons. The number of amides is 5. The molecule has 0 aromatic heterocycles. The summed E-state index contributed by atoms with van der Waals surface area (Å²) in [5.74, 6) is -1.58. The molecule has 5 rings (SSSR count). The van der Waals surface area contributed by atoms with Crippen LogP contribution in [0.4, 0.5) is 0 Å². The van der Waals surface area contributed by atoms with Gasteiger partial charge in [-0.3, -0.25) is 24.0 Å². The molecular formula is C46H63Cl2N7O5. The third kappa shape index (κ3) is 14.8. The largest absolute Gasteiger partial charge is 0.343 e. The molecule has 0 aliphatic carbocycles. The molecule has 0 radical (unpaired) electrons. The van der Waals surface area contributed by atoms with Crippen LogP contribution in [-0.2, 0) is 36.8 Å². The van der Waals surface area contributed by atoms with E-state index < -0.39 is 41.9 Å². The fourth-order valence-electron chi connectivity index (χ4n) is 7.79. The summed E-state index contributed by atoms with van der Waals surface area (Å²) in [6.45, 7) is 6.76. The van der Waals surface area contributed by atoms with Gasteiger partial charge in [-0.2, -0.15) is 0 Å². The number of halogens is 2. The maximum Gasteiger partial charge on any atom is 0.246 e. The first kappa shape index (κ1) is 49.6. The van der Waals surface area contributed by atoms with E-state index in [1.165, 1.54) is 0 Å². The molecule has 3 aromatic carbocycles. The van der Waals surface area contributed by atoms with Crippen molar-refractivity contribution in [1.29, 1.82) is 0 Å². The van der Waals surface area contributed by atoms with Gasteiger partial charge < -0.3 is 37.2 Å². The topological polar surface area (TPSA) is 180 Å². The number of nitrogens with one attached hydrogen (secondary N) is 3. The van der Waals surface area contributed by atoms with Gasteiger partial charge in [0.05, 0.1) is 6.04 Å². The quantitative estimate of drug-likeness (QED) is 0.0874. The van der Waals surface area contributed by atoms with Gasteiger partial charge in [0.25, 0.3) is 0 Å². The lowest BCUT2D eigenvalue weighted by Crippen LogP contribution is -2.63. The number of hydrogen-bond acceptors (Lipinski definition) is 7. The highest BCUT2D eigenvalue weighted by Gasteiger charge is 2.47. The first-order chi connectivity index (χ1) is 27.9. The fraction of sp³-hybridized carbons (Fsp3) is 0.457. The minimum Gasteiger partial charge on any atom is -0.343 e. The van der Waals surface area contributed by atoms with Crippen molar-refractivity contribution in [3.63, 3.8) is 0 Å². The molecule has 2 saturated heterocycles. The second kappa shape index (κ2) is 24.5. The van der Waals surface area contributed by atoms with E-state index in [1.54, 1.807) is 6.08 Å². The fourth-order valence-corrected chi connectivity index (χ4v) is 7.79. The molecule has 2 aliphatic rings. The van der Waals surface area contributed by atoms with Crippen LogP contribution in [0.15, 0.2) is 97.1 Å². The van der Waals surface area contributed by atoms with Crippen LogP contribution in [0.2, 0.25) is 0 Å².